The summed E-state index contributed by atoms with van der Waals surface area (Å²) in [6.07, 6.45) is 0. The van der Waals surface area contributed by atoms with Crippen molar-refractivity contribution in [2.24, 2.45) is 0 Å². The van der Waals surface area contributed by atoms with Crippen molar-refractivity contribution in [3.05, 3.63) is 75.8 Å². The fourth-order valence-corrected chi connectivity index (χ4v) is 5.13. The molecule has 2 N–H and O–H groups in total. The maximum atomic E-state index is 9.94. The van der Waals surface area contributed by atoms with Gasteiger partial charge in [-0.1, -0.05) is 47.6 Å². The van der Waals surface area contributed by atoms with Crippen molar-refractivity contribution in [3.63, 3.8) is 0 Å². The average molecular weight is 490 g/mol. The lowest BCUT2D eigenvalue weighted by molar-refractivity contribution is 0.415. The largest absolute Gasteiger partial charge is 0.497 e. The second-order valence-corrected chi connectivity index (χ2v) is 9.08. The Hall–Kier alpha value is -3.56. The Kier molecular flexibility index (Phi) is 6.81. The molecule has 0 atom stereocenters. The number of benzene rings is 2. The Morgan fingerprint density at radius 3 is 2.30 bits per heavy atom. The quantitative estimate of drug-likeness (QED) is 0.323. The molecule has 2 heterocycles. The van der Waals surface area contributed by atoms with Crippen LogP contribution in [0.15, 0.2) is 58.9 Å². The van der Waals surface area contributed by atoms with Crippen LogP contribution in [-0.2, 0) is 5.75 Å². The molecule has 4 rings (SSSR count). The molecule has 2 aromatic heterocycles. The van der Waals surface area contributed by atoms with Gasteiger partial charge in [-0.25, -0.2) is 9.97 Å². The van der Waals surface area contributed by atoms with Gasteiger partial charge in [-0.05, 0) is 29.8 Å². The number of thioether (sulfide) groups is 1. The van der Waals surface area contributed by atoms with E-state index in [1.807, 2.05) is 29.6 Å². The normalized spacial score (nSPS) is 10.4. The lowest BCUT2D eigenvalue weighted by Crippen LogP contribution is -2.03. The number of methoxy groups -OCH3 is 1. The van der Waals surface area contributed by atoms with E-state index in [4.69, 9.17) is 22.1 Å². The Bertz CT molecular complexity index is 1390. The van der Waals surface area contributed by atoms with Gasteiger partial charge in [0.15, 0.2) is 0 Å². The van der Waals surface area contributed by atoms with Crippen LogP contribution in [0.25, 0.3) is 21.7 Å². The maximum Gasteiger partial charge on any atom is 0.143 e. The van der Waals surface area contributed by atoms with E-state index in [0.717, 1.165) is 16.3 Å². The van der Waals surface area contributed by atoms with E-state index in [1.54, 1.807) is 31.4 Å². The zero-order valence-electron chi connectivity index (χ0n) is 17.4. The summed E-state index contributed by atoms with van der Waals surface area (Å²) >= 11 is 8.86. The number of halogens is 1. The number of rotatable bonds is 6. The van der Waals surface area contributed by atoms with Crippen LogP contribution in [0.1, 0.15) is 16.8 Å². The van der Waals surface area contributed by atoms with Crippen LogP contribution in [0.3, 0.4) is 0 Å². The fraction of sp³-hybridized carbons (Fsp3) is 0.0833. The van der Waals surface area contributed by atoms with Crippen LogP contribution >= 0.6 is 34.7 Å². The molecule has 0 amide bonds. The molecule has 0 saturated heterocycles. The number of thiazole rings is 1. The van der Waals surface area contributed by atoms with Gasteiger partial charge in [0, 0.05) is 27.3 Å². The second kappa shape index (κ2) is 9.93. The Morgan fingerprint density at radius 2 is 1.67 bits per heavy atom. The summed E-state index contributed by atoms with van der Waals surface area (Å²) in [5.74, 6) is 1.26. The molecule has 6 nitrogen and oxygen atoms in total. The number of hydrogen-bond acceptors (Lipinski definition) is 8. The van der Waals surface area contributed by atoms with Crippen LogP contribution in [-0.4, -0.2) is 17.1 Å². The van der Waals surface area contributed by atoms with E-state index in [0.29, 0.717) is 38.2 Å². The van der Waals surface area contributed by atoms with Crippen molar-refractivity contribution in [2.45, 2.75) is 10.8 Å². The highest BCUT2D eigenvalue weighted by Crippen LogP contribution is 2.37. The smallest absolute Gasteiger partial charge is 0.143 e. The predicted octanol–water partition coefficient (Wildman–Crippen LogP) is 6.15. The highest BCUT2D eigenvalue weighted by atomic mass is 35.5. The topological polar surface area (TPSA) is 109 Å². The standard InChI is InChI=1S/C24H16ClN5OS2/c1-31-18-8-4-14(5-9-18)21-19(10-26)22(28)30-24(20(21)11-27)33-13-17-12-32-23(29-17)15-2-6-16(25)7-3-15/h2-9,12H,13H2,1H3,(H2,28,30). The zero-order valence-corrected chi connectivity index (χ0v) is 19.8. The molecular formula is C24H16ClN5OS2. The minimum absolute atomic E-state index is 0.0879. The molecule has 0 aliphatic carbocycles. The molecule has 2 aromatic carbocycles. The van der Waals surface area contributed by atoms with Gasteiger partial charge in [-0.2, -0.15) is 10.5 Å². The molecule has 0 aliphatic rings. The Balaban J connectivity index is 1.66. The van der Waals surface area contributed by atoms with Gasteiger partial charge in [0.2, 0.25) is 0 Å². The summed E-state index contributed by atoms with van der Waals surface area (Å²) in [5, 5.41) is 23.6. The number of nitriles is 2. The van der Waals surface area contributed by atoms with Crippen molar-refractivity contribution in [2.75, 3.05) is 12.8 Å². The number of nitrogen functional groups attached to an aromatic ring is 1. The number of hydrogen-bond donors (Lipinski definition) is 1. The highest BCUT2D eigenvalue weighted by molar-refractivity contribution is 7.98. The van der Waals surface area contributed by atoms with Crippen molar-refractivity contribution in [1.29, 1.82) is 10.5 Å². The van der Waals surface area contributed by atoms with E-state index in [9.17, 15) is 10.5 Å². The minimum Gasteiger partial charge on any atom is -0.497 e. The van der Waals surface area contributed by atoms with Crippen LogP contribution in [0, 0.1) is 22.7 Å². The fourth-order valence-electron chi connectivity index (χ4n) is 3.19. The zero-order chi connectivity index (χ0) is 23.4. The van der Waals surface area contributed by atoms with E-state index >= 15 is 0 Å². The van der Waals surface area contributed by atoms with E-state index < -0.39 is 0 Å². The first-order chi connectivity index (χ1) is 16.0. The van der Waals surface area contributed by atoms with Gasteiger partial charge < -0.3 is 10.5 Å². The number of nitrogens with zero attached hydrogens (tertiary/aromatic N) is 4. The predicted molar refractivity (Wildman–Crippen MR) is 132 cm³/mol. The van der Waals surface area contributed by atoms with Crippen LogP contribution < -0.4 is 10.5 Å². The summed E-state index contributed by atoms with van der Waals surface area (Å²) in [7, 11) is 1.58. The molecule has 162 valence electrons. The summed E-state index contributed by atoms with van der Waals surface area (Å²) < 4.78 is 5.21. The van der Waals surface area contributed by atoms with Crippen molar-refractivity contribution in [1.82, 2.24) is 9.97 Å². The maximum absolute atomic E-state index is 9.94. The molecular weight excluding hydrogens is 474 g/mol. The Morgan fingerprint density at radius 1 is 1.00 bits per heavy atom. The molecule has 0 aliphatic heterocycles. The monoisotopic (exact) mass is 489 g/mol. The first kappa shape index (κ1) is 22.6. The molecule has 0 radical (unpaired) electrons. The van der Waals surface area contributed by atoms with Crippen molar-refractivity contribution in [3.8, 4) is 39.6 Å². The third-order valence-electron chi connectivity index (χ3n) is 4.79. The summed E-state index contributed by atoms with van der Waals surface area (Å²) in [5.41, 5.74) is 9.60. The third kappa shape index (κ3) is 4.79. The minimum atomic E-state index is 0.0879. The second-order valence-electron chi connectivity index (χ2n) is 6.82. The van der Waals surface area contributed by atoms with Crippen molar-refractivity contribution < 1.29 is 4.74 Å². The SMILES string of the molecule is COc1ccc(-c2c(C#N)c(N)nc(SCc3csc(-c4ccc(Cl)cc4)n3)c2C#N)cc1. The van der Waals surface area contributed by atoms with Crippen molar-refractivity contribution >= 4 is 40.5 Å². The van der Waals surface area contributed by atoms with Gasteiger partial charge in [0.1, 0.15) is 39.3 Å². The first-order valence-electron chi connectivity index (χ1n) is 9.65. The van der Waals surface area contributed by atoms with Crippen LogP contribution in [0.5, 0.6) is 5.75 Å². The molecule has 33 heavy (non-hydrogen) atoms. The molecule has 0 fully saturated rings. The third-order valence-corrected chi connectivity index (χ3v) is 7.00. The summed E-state index contributed by atoms with van der Waals surface area (Å²) in [4.78, 5) is 9.04. The molecule has 9 heteroatoms. The number of anilines is 1. The lowest BCUT2D eigenvalue weighted by atomic mass is 9.97. The van der Waals surface area contributed by atoms with E-state index in [-0.39, 0.29) is 11.4 Å². The average Bonchev–Trinajstić information content (AvgIpc) is 3.32. The van der Waals surface area contributed by atoms with Gasteiger partial charge >= 0.3 is 0 Å². The number of ether oxygens (including phenoxy) is 1. The summed E-state index contributed by atoms with van der Waals surface area (Å²) in [6.45, 7) is 0. The molecule has 0 unspecified atom stereocenters. The number of aromatic nitrogens is 2. The van der Waals surface area contributed by atoms with Crippen LogP contribution in [0.4, 0.5) is 5.82 Å². The Labute approximate surface area is 204 Å². The molecule has 0 saturated carbocycles. The number of pyridine rings is 1. The van der Waals surface area contributed by atoms with Gasteiger partial charge in [0.05, 0.1) is 18.4 Å². The highest BCUT2D eigenvalue weighted by Gasteiger charge is 2.21. The lowest BCUT2D eigenvalue weighted by Gasteiger charge is -2.13. The van der Waals surface area contributed by atoms with E-state index in [1.165, 1.54) is 23.1 Å². The van der Waals surface area contributed by atoms with Gasteiger partial charge in [-0.3, -0.25) is 0 Å². The molecule has 0 spiro atoms. The molecule has 4 aromatic rings. The summed E-state index contributed by atoms with van der Waals surface area (Å²) in [6, 6.07) is 19.0. The van der Waals surface area contributed by atoms with Gasteiger partial charge in [-0.15, -0.1) is 11.3 Å². The van der Waals surface area contributed by atoms with Gasteiger partial charge in [0.25, 0.3) is 0 Å². The number of nitrogens with two attached hydrogens (primary N) is 1. The van der Waals surface area contributed by atoms with Crippen LogP contribution in [0.2, 0.25) is 5.02 Å². The first-order valence-corrected chi connectivity index (χ1v) is 11.9. The van der Waals surface area contributed by atoms with E-state index in [2.05, 4.69) is 22.1 Å². The molecule has 0 bridgehead atoms.